The molecule has 32 heavy (non-hydrogen) atoms. The van der Waals surface area contributed by atoms with Gasteiger partial charge in [0.1, 0.15) is 0 Å². The molecule has 0 radical (unpaired) electrons. The second kappa shape index (κ2) is 10.5. The van der Waals surface area contributed by atoms with Crippen molar-refractivity contribution in [3.05, 3.63) is 58.9 Å². The molecule has 5 rings (SSSR count). The summed E-state index contributed by atoms with van der Waals surface area (Å²) in [5.74, 6) is 4.68. The van der Waals surface area contributed by atoms with Crippen LogP contribution in [0, 0.1) is 0 Å². The van der Waals surface area contributed by atoms with Gasteiger partial charge in [-0.25, -0.2) is 0 Å². The monoisotopic (exact) mass is 504 g/mol. The maximum Gasteiger partial charge on any atom is 0.261 e. The minimum absolute atomic E-state index is 0.141. The van der Waals surface area contributed by atoms with Gasteiger partial charge < -0.3 is 4.57 Å². The van der Waals surface area contributed by atoms with E-state index in [2.05, 4.69) is 63.7 Å². The third-order valence-corrected chi connectivity index (χ3v) is 12.0. The molecule has 8 heteroatoms. The summed E-state index contributed by atoms with van der Waals surface area (Å²) in [5.41, 5.74) is 3.99. The van der Waals surface area contributed by atoms with E-state index in [-0.39, 0.29) is 11.8 Å². The van der Waals surface area contributed by atoms with Gasteiger partial charge in [0.05, 0.1) is 20.3 Å². The van der Waals surface area contributed by atoms with Gasteiger partial charge in [0.15, 0.2) is 0 Å². The van der Waals surface area contributed by atoms with Crippen molar-refractivity contribution < 1.29 is 9.59 Å². The topological polar surface area (TPSA) is 42.3 Å². The average Bonchev–Trinajstić information content (AvgIpc) is 3.38. The molecule has 0 aliphatic carbocycles. The van der Waals surface area contributed by atoms with Crippen LogP contribution in [0.4, 0.5) is 0 Å². The molecule has 0 saturated carbocycles. The Morgan fingerprint density at radius 2 is 1.16 bits per heavy atom. The molecule has 2 fully saturated rings. The van der Waals surface area contributed by atoms with Crippen molar-refractivity contribution in [2.24, 2.45) is 0 Å². The highest BCUT2D eigenvalue weighted by Gasteiger charge is 2.34. The first kappa shape index (κ1) is 22.8. The number of thioether (sulfide) groups is 4. The number of benzene rings is 1. The first-order valence-electron chi connectivity index (χ1n) is 11.3. The fourth-order valence-electron chi connectivity index (χ4n) is 4.47. The molecule has 2 saturated heterocycles. The van der Waals surface area contributed by atoms with Crippen LogP contribution in [0.1, 0.15) is 67.0 Å². The van der Waals surface area contributed by atoms with E-state index in [0.29, 0.717) is 26.8 Å². The highest BCUT2D eigenvalue weighted by atomic mass is 32.2. The molecule has 2 aromatic rings. The SMILES string of the molecule is O=C1c2ccccc2C(=O)N1CCCCn1c(C2SCCCS2)ccc1C1SCCCS1. The molecule has 3 aliphatic heterocycles. The third kappa shape index (κ3) is 4.65. The van der Waals surface area contributed by atoms with Crippen molar-refractivity contribution in [2.75, 3.05) is 29.6 Å². The number of rotatable bonds is 7. The van der Waals surface area contributed by atoms with Gasteiger partial charge in [-0.2, -0.15) is 0 Å². The number of fused-ring (bicyclic) bond motifs is 1. The predicted molar refractivity (Wildman–Crippen MR) is 140 cm³/mol. The van der Waals surface area contributed by atoms with Gasteiger partial charge in [-0.05, 0) is 73.0 Å². The van der Waals surface area contributed by atoms with Crippen molar-refractivity contribution in [3.63, 3.8) is 0 Å². The van der Waals surface area contributed by atoms with E-state index < -0.39 is 0 Å². The lowest BCUT2D eigenvalue weighted by Gasteiger charge is -2.27. The zero-order chi connectivity index (χ0) is 21.9. The van der Waals surface area contributed by atoms with Gasteiger partial charge in [0.25, 0.3) is 11.8 Å². The minimum Gasteiger partial charge on any atom is -0.345 e. The highest BCUT2D eigenvalue weighted by Crippen LogP contribution is 2.48. The Morgan fingerprint density at radius 1 is 0.688 bits per heavy atom. The number of carbonyl (C=O) groups excluding carboxylic acids is 2. The Morgan fingerprint density at radius 3 is 1.66 bits per heavy atom. The maximum atomic E-state index is 12.6. The molecule has 0 N–H and O–H groups in total. The molecule has 0 spiro atoms. The fraction of sp³-hybridized carbons (Fsp3) is 0.500. The maximum absolute atomic E-state index is 12.6. The van der Waals surface area contributed by atoms with Crippen LogP contribution >= 0.6 is 47.0 Å². The summed E-state index contributed by atoms with van der Waals surface area (Å²) in [6.07, 6.45) is 4.40. The number of nitrogens with zero attached hydrogens (tertiary/aromatic N) is 2. The average molecular weight is 505 g/mol. The molecule has 1 aromatic heterocycles. The van der Waals surface area contributed by atoms with E-state index in [0.717, 1.165) is 19.4 Å². The number of unbranched alkanes of at least 4 members (excludes halogenated alkanes) is 1. The minimum atomic E-state index is -0.141. The zero-order valence-electron chi connectivity index (χ0n) is 18.0. The number of imide groups is 1. The molecular weight excluding hydrogens is 477 g/mol. The van der Waals surface area contributed by atoms with Gasteiger partial charge >= 0.3 is 0 Å². The lowest BCUT2D eigenvalue weighted by atomic mass is 10.1. The van der Waals surface area contributed by atoms with Crippen LogP contribution in [0.2, 0.25) is 0 Å². The molecule has 3 aliphatic rings. The van der Waals surface area contributed by atoms with Crippen LogP contribution < -0.4 is 0 Å². The van der Waals surface area contributed by atoms with E-state index in [4.69, 9.17) is 0 Å². The number of amides is 2. The zero-order valence-corrected chi connectivity index (χ0v) is 21.3. The largest absolute Gasteiger partial charge is 0.345 e. The Balaban J connectivity index is 1.26. The number of hydrogen-bond donors (Lipinski definition) is 0. The Hall–Kier alpha value is -0.960. The molecule has 170 valence electrons. The van der Waals surface area contributed by atoms with Gasteiger partial charge in [-0.15, -0.1) is 47.0 Å². The first-order chi connectivity index (χ1) is 15.7. The van der Waals surface area contributed by atoms with Gasteiger partial charge in [-0.3, -0.25) is 14.5 Å². The molecular formula is C24H28N2O2S4. The summed E-state index contributed by atoms with van der Waals surface area (Å²) in [5, 5.41) is 0. The number of hydrogen-bond acceptors (Lipinski definition) is 6. The third-order valence-electron chi connectivity index (χ3n) is 6.08. The van der Waals surface area contributed by atoms with Crippen molar-refractivity contribution in [2.45, 2.75) is 41.4 Å². The van der Waals surface area contributed by atoms with Crippen LogP contribution in [-0.2, 0) is 6.54 Å². The van der Waals surface area contributed by atoms with Crippen molar-refractivity contribution in [1.29, 1.82) is 0 Å². The quantitative estimate of drug-likeness (QED) is 0.325. The summed E-state index contributed by atoms with van der Waals surface area (Å²) in [7, 11) is 0. The Kier molecular flexibility index (Phi) is 7.51. The smallest absolute Gasteiger partial charge is 0.261 e. The Labute approximate surface area is 207 Å². The van der Waals surface area contributed by atoms with Crippen molar-refractivity contribution >= 4 is 58.9 Å². The number of aromatic nitrogens is 1. The molecule has 4 nitrogen and oxygen atoms in total. The van der Waals surface area contributed by atoms with Crippen LogP contribution in [0.3, 0.4) is 0 Å². The Bertz CT molecular complexity index is 910. The van der Waals surface area contributed by atoms with E-state index in [1.807, 2.05) is 12.1 Å². The van der Waals surface area contributed by atoms with Crippen molar-refractivity contribution in [3.8, 4) is 0 Å². The predicted octanol–water partition coefficient (Wildman–Crippen LogP) is 6.30. The van der Waals surface area contributed by atoms with E-state index in [9.17, 15) is 9.59 Å². The summed E-state index contributed by atoms with van der Waals surface area (Å²) in [6, 6.07) is 11.9. The van der Waals surface area contributed by atoms with Crippen LogP contribution in [-0.4, -0.2) is 50.8 Å². The van der Waals surface area contributed by atoms with E-state index in [1.165, 1.54) is 52.1 Å². The molecule has 0 atom stereocenters. The summed E-state index contributed by atoms with van der Waals surface area (Å²) >= 11 is 8.30. The first-order valence-corrected chi connectivity index (χ1v) is 15.5. The lowest BCUT2D eigenvalue weighted by molar-refractivity contribution is 0.0651. The second-order valence-electron chi connectivity index (χ2n) is 8.20. The van der Waals surface area contributed by atoms with E-state index in [1.54, 1.807) is 12.1 Å². The van der Waals surface area contributed by atoms with Crippen LogP contribution in [0.15, 0.2) is 36.4 Å². The van der Waals surface area contributed by atoms with Gasteiger partial charge in [-0.1, -0.05) is 12.1 Å². The molecule has 0 bridgehead atoms. The summed E-state index contributed by atoms with van der Waals surface area (Å²) in [4.78, 5) is 26.7. The highest BCUT2D eigenvalue weighted by molar-refractivity contribution is 8.17. The summed E-state index contributed by atoms with van der Waals surface area (Å²) in [6.45, 7) is 1.45. The van der Waals surface area contributed by atoms with Gasteiger partial charge in [0, 0.05) is 24.5 Å². The van der Waals surface area contributed by atoms with Crippen LogP contribution in [0.5, 0.6) is 0 Å². The number of carbonyl (C=O) groups is 2. The molecule has 4 heterocycles. The lowest BCUT2D eigenvalue weighted by Crippen LogP contribution is -2.30. The van der Waals surface area contributed by atoms with Gasteiger partial charge in [0.2, 0.25) is 0 Å². The second-order valence-corrected chi connectivity index (χ2v) is 13.7. The van der Waals surface area contributed by atoms with Crippen molar-refractivity contribution in [1.82, 2.24) is 9.47 Å². The fourth-order valence-corrected chi connectivity index (χ4v) is 10.4. The standard InChI is InChI=1S/C24H28N2O2S4/c27-21-17-7-1-2-8-18(17)22(28)26(21)12-4-3-11-25-19(23-29-13-5-14-30-23)9-10-20(25)24-31-15-6-16-32-24/h1-2,7-10,23-24H,3-6,11-16H2. The molecule has 1 aromatic carbocycles. The van der Waals surface area contributed by atoms with Crippen LogP contribution in [0.25, 0.3) is 0 Å². The molecule has 2 amide bonds. The normalized spacial score (nSPS) is 20.2. The summed E-state index contributed by atoms with van der Waals surface area (Å²) < 4.78 is 3.61. The van der Waals surface area contributed by atoms with E-state index >= 15 is 0 Å². The molecule has 0 unspecified atom stereocenters.